The summed E-state index contributed by atoms with van der Waals surface area (Å²) in [6, 6.07) is 0. The maximum atomic E-state index is 11.8. The van der Waals surface area contributed by atoms with E-state index in [4.69, 9.17) is 9.78 Å². The monoisotopic (exact) mass is 356 g/mol. The summed E-state index contributed by atoms with van der Waals surface area (Å²) < 4.78 is 0. The van der Waals surface area contributed by atoms with Crippen molar-refractivity contribution in [2.75, 3.05) is 6.61 Å². The fraction of sp³-hybridized carbons (Fsp3) is 0.955. The van der Waals surface area contributed by atoms with Gasteiger partial charge in [0.25, 0.3) is 0 Å². The normalized spacial score (nSPS) is 12.3. The SMILES string of the molecule is CCCCCCCCCCCCCCCCC(CC)C(=O)OOCC. The van der Waals surface area contributed by atoms with Gasteiger partial charge in [-0.2, -0.15) is 4.89 Å². The molecular formula is C22H44O3. The average Bonchev–Trinajstić information content (AvgIpc) is 2.63. The molecule has 3 nitrogen and oxygen atoms in total. The van der Waals surface area contributed by atoms with Gasteiger partial charge in [0.05, 0.1) is 12.5 Å². The summed E-state index contributed by atoms with van der Waals surface area (Å²) in [5.74, 6) is -0.192. The molecule has 3 heteroatoms. The van der Waals surface area contributed by atoms with Gasteiger partial charge in [0.2, 0.25) is 0 Å². The first-order valence-electron chi connectivity index (χ1n) is 11.1. The average molecular weight is 357 g/mol. The first-order chi connectivity index (χ1) is 12.3. The van der Waals surface area contributed by atoms with Gasteiger partial charge >= 0.3 is 5.97 Å². The first-order valence-corrected chi connectivity index (χ1v) is 11.1. The number of carbonyl (C=O) groups is 1. The highest BCUT2D eigenvalue weighted by molar-refractivity contribution is 5.71. The maximum Gasteiger partial charge on any atom is 0.345 e. The number of unbranched alkanes of at least 4 members (excludes halogenated alkanes) is 13. The summed E-state index contributed by atoms with van der Waals surface area (Å²) in [6.45, 7) is 6.56. The van der Waals surface area contributed by atoms with Crippen molar-refractivity contribution in [3.05, 3.63) is 0 Å². The lowest BCUT2D eigenvalue weighted by Crippen LogP contribution is -2.17. The van der Waals surface area contributed by atoms with Gasteiger partial charge in [-0.05, 0) is 19.8 Å². The van der Waals surface area contributed by atoms with E-state index in [1.165, 1.54) is 83.5 Å². The minimum Gasteiger partial charge on any atom is -0.298 e. The van der Waals surface area contributed by atoms with Crippen molar-refractivity contribution >= 4 is 5.97 Å². The van der Waals surface area contributed by atoms with Crippen LogP contribution < -0.4 is 0 Å². The van der Waals surface area contributed by atoms with Crippen molar-refractivity contribution < 1.29 is 14.6 Å². The number of hydrogen-bond donors (Lipinski definition) is 0. The van der Waals surface area contributed by atoms with Crippen LogP contribution in [-0.2, 0) is 14.6 Å². The van der Waals surface area contributed by atoms with Crippen molar-refractivity contribution in [2.45, 2.75) is 124 Å². The summed E-state index contributed by atoms with van der Waals surface area (Å²) in [6.07, 6.45) is 20.9. The highest BCUT2D eigenvalue weighted by Crippen LogP contribution is 2.17. The van der Waals surface area contributed by atoms with Crippen LogP contribution in [0.15, 0.2) is 0 Å². The molecule has 0 aromatic carbocycles. The quantitative estimate of drug-likeness (QED) is 0.138. The molecule has 1 unspecified atom stereocenters. The van der Waals surface area contributed by atoms with Crippen molar-refractivity contribution in [2.24, 2.45) is 5.92 Å². The topological polar surface area (TPSA) is 35.5 Å². The molecular weight excluding hydrogens is 312 g/mol. The number of hydrogen-bond acceptors (Lipinski definition) is 3. The molecule has 0 rings (SSSR count). The molecule has 0 amide bonds. The Labute approximate surface area is 157 Å². The smallest absolute Gasteiger partial charge is 0.298 e. The Morgan fingerprint density at radius 2 is 1.12 bits per heavy atom. The fourth-order valence-electron chi connectivity index (χ4n) is 3.26. The summed E-state index contributed by atoms with van der Waals surface area (Å²) in [5, 5.41) is 0. The molecule has 0 aliphatic heterocycles. The molecule has 0 saturated carbocycles. The van der Waals surface area contributed by atoms with E-state index < -0.39 is 0 Å². The Kier molecular flexibility index (Phi) is 19.3. The van der Waals surface area contributed by atoms with Crippen LogP contribution >= 0.6 is 0 Å². The highest BCUT2D eigenvalue weighted by Gasteiger charge is 2.18. The van der Waals surface area contributed by atoms with Crippen LogP contribution in [0, 0.1) is 5.92 Å². The second kappa shape index (κ2) is 19.8. The lowest BCUT2D eigenvalue weighted by atomic mass is 9.98. The minimum absolute atomic E-state index is 0.00359. The first kappa shape index (κ1) is 24.4. The molecule has 0 fully saturated rings. The van der Waals surface area contributed by atoms with E-state index in [0.717, 1.165) is 19.3 Å². The van der Waals surface area contributed by atoms with Crippen LogP contribution in [0.3, 0.4) is 0 Å². The van der Waals surface area contributed by atoms with Crippen LogP contribution in [-0.4, -0.2) is 12.6 Å². The van der Waals surface area contributed by atoms with Gasteiger partial charge in [0.1, 0.15) is 0 Å². The summed E-state index contributed by atoms with van der Waals surface area (Å²) in [4.78, 5) is 21.3. The van der Waals surface area contributed by atoms with E-state index in [0.29, 0.717) is 6.61 Å². The van der Waals surface area contributed by atoms with Crippen molar-refractivity contribution in [3.63, 3.8) is 0 Å². The lowest BCUT2D eigenvalue weighted by Gasteiger charge is -2.12. The predicted molar refractivity (Wildman–Crippen MR) is 106 cm³/mol. The van der Waals surface area contributed by atoms with Gasteiger partial charge in [-0.1, -0.05) is 104 Å². The summed E-state index contributed by atoms with van der Waals surface area (Å²) >= 11 is 0. The van der Waals surface area contributed by atoms with Crippen LogP contribution in [0.2, 0.25) is 0 Å². The van der Waals surface area contributed by atoms with Gasteiger partial charge in [-0.3, -0.25) is 4.89 Å². The third-order valence-corrected chi connectivity index (χ3v) is 4.99. The zero-order valence-electron chi connectivity index (χ0n) is 17.3. The third-order valence-electron chi connectivity index (χ3n) is 4.99. The van der Waals surface area contributed by atoms with Gasteiger partial charge in [0.15, 0.2) is 0 Å². The lowest BCUT2D eigenvalue weighted by molar-refractivity contribution is -0.273. The minimum atomic E-state index is -0.195. The van der Waals surface area contributed by atoms with E-state index >= 15 is 0 Å². The Bertz CT molecular complexity index is 278. The molecule has 0 radical (unpaired) electrons. The van der Waals surface area contributed by atoms with Crippen LogP contribution in [0.1, 0.15) is 124 Å². The molecule has 0 N–H and O–H groups in total. The molecule has 0 bridgehead atoms. The second-order valence-electron chi connectivity index (χ2n) is 7.30. The Hall–Kier alpha value is -0.570. The summed E-state index contributed by atoms with van der Waals surface area (Å²) in [7, 11) is 0. The summed E-state index contributed by atoms with van der Waals surface area (Å²) in [5.41, 5.74) is 0. The molecule has 0 saturated heterocycles. The Balaban J connectivity index is 3.30. The zero-order chi connectivity index (χ0) is 18.6. The van der Waals surface area contributed by atoms with Crippen molar-refractivity contribution in [1.29, 1.82) is 0 Å². The molecule has 0 aliphatic rings. The van der Waals surface area contributed by atoms with E-state index in [9.17, 15) is 4.79 Å². The third kappa shape index (κ3) is 16.6. The second-order valence-corrected chi connectivity index (χ2v) is 7.30. The zero-order valence-corrected chi connectivity index (χ0v) is 17.3. The van der Waals surface area contributed by atoms with Gasteiger partial charge in [-0.25, -0.2) is 4.79 Å². The van der Waals surface area contributed by atoms with E-state index in [-0.39, 0.29) is 11.9 Å². The number of carbonyl (C=O) groups excluding carboxylic acids is 1. The molecule has 0 heterocycles. The molecule has 0 aliphatic carbocycles. The van der Waals surface area contributed by atoms with Crippen molar-refractivity contribution in [1.82, 2.24) is 0 Å². The molecule has 25 heavy (non-hydrogen) atoms. The Morgan fingerprint density at radius 1 is 0.680 bits per heavy atom. The van der Waals surface area contributed by atoms with Crippen LogP contribution in [0.5, 0.6) is 0 Å². The van der Waals surface area contributed by atoms with Crippen LogP contribution in [0.25, 0.3) is 0 Å². The van der Waals surface area contributed by atoms with Crippen molar-refractivity contribution in [3.8, 4) is 0 Å². The van der Waals surface area contributed by atoms with E-state index in [1.807, 2.05) is 13.8 Å². The fourth-order valence-corrected chi connectivity index (χ4v) is 3.26. The van der Waals surface area contributed by atoms with Crippen LogP contribution in [0.4, 0.5) is 0 Å². The molecule has 0 aromatic heterocycles. The molecule has 150 valence electrons. The standard InChI is InChI=1S/C22H44O3/c1-4-7-8-9-10-11-12-13-14-15-16-17-18-19-20-21(5-2)22(23)25-24-6-3/h21H,4-20H2,1-3H3. The van der Waals surface area contributed by atoms with Gasteiger partial charge in [-0.15, -0.1) is 0 Å². The highest BCUT2D eigenvalue weighted by atomic mass is 17.2. The number of rotatable bonds is 19. The van der Waals surface area contributed by atoms with Gasteiger partial charge in [0, 0.05) is 0 Å². The van der Waals surface area contributed by atoms with E-state index in [2.05, 4.69) is 6.92 Å². The maximum absolute atomic E-state index is 11.8. The molecule has 0 spiro atoms. The largest absolute Gasteiger partial charge is 0.345 e. The Morgan fingerprint density at radius 3 is 1.52 bits per heavy atom. The molecule has 1 atom stereocenters. The van der Waals surface area contributed by atoms with E-state index in [1.54, 1.807) is 0 Å². The molecule has 0 aromatic rings. The van der Waals surface area contributed by atoms with Gasteiger partial charge < -0.3 is 0 Å². The predicted octanol–water partition coefficient (Wildman–Crippen LogP) is 7.38.